The molecule has 23 heavy (non-hydrogen) atoms. The van der Waals surface area contributed by atoms with Gasteiger partial charge in [0.05, 0.1) is 19.2 Å². The van der Waals surface area contributed by atoms with Gasteiger partial charge in [-0.15, -0.1) is 0 Å². The number of methoxy groups -OCH3 is 1. The molecule has 0 radical (unpaired) electrons. The highest BCUT2D eigenvalue weighted by atomic mass is 35.5. The third-order valence-electron chi connectivity index (χ3n) is 3.55. The summed E-state index contributed by atoms with van der Waals surface area (Å²) in [4.78, 5) is 4.26. The van der Waals surface area contributed by atoms with E-state index in [4.69, 9.17) is 21.1 Å². The molecule has 0 fully saturated rings. The Balaban J connectivity index is 1.78. The van der Waals surface area contributed by atoms with E-state index in [-0.39, 0.29) is 6.61 Å². The van der Waals surface area contributed by atoms with Crippen molar-refractivity contribution in [3.05, 3.63) is 64.8 Å². The fourth-order valence-electron chi connectivity index (χ4n) is 2.26. The van der Waals surface area contributed by atoms with Crippen molar-refractivity contribution >= 4 is 22.5 Å². The van der Waals surface area contributed by atoms with Crippen LogP contribution in [0.15, 0.2) is 48.5 Å². The second-order valence-corrected chi connectivity index (χ2v) is 5.45. The lowest BCUT2D eigenvalue weighted by molar-refractivity contribution is 0.281. The monoisotopic (exact) mass is 329 g/mol. The zero-order chi connectivity index (χ0) is 16.2. The topological polar surface area (TPSA) is 51.6 Å². The highest BCUT2D eigenvalue weighted by molar-refractivity contribution is 6.30. The van der Waals surface area contributed by atoms with Crippen molar-refractivity contribution in [2.45, 2.75) is 13.2 Å². The molecular formula is C18H16ClNO3. The maximum Gasteiger partial charge on any atom is 0.135 e. The Morgan fingerprint density at radius 1 is 1.04 bits per heavy atom. The van der Waals surface area contributed by atoms with Gasteiger partial charge in [0.2, 0.25) is 0 Å². The molecule has 0 saturated carbocycles. The Morgan fingerprint density at radius 2 is 1.78 bits per heavy atom. The molecule has 118 valence electrons. The molecule has 3 rings (SSSR count). The SMILES string of the molecule is COc1ccc(COc2ccc3nc(Cl)c(CO)cc3c2)cc1. The highest BCUT2D eigenvalue weighted by Crippen LogP contribution is 2.25. The number of nitrogens with zero attached hydrogens (tertiary/aromatic N) is 1. The van der Waals surface area contributed by atoms with Crippen LogP contribution in [0.4, 0.5) is 0 Å². The third kappa shape index (κ3) is 3.55. The smallest absolute Gasteiger partial charge is 0.135 e. The van der Waals surface area contributed by atoms with Gasteiger partial charge in [0.25, 0.3) is 0 Å². The summed E-state index contributed by atoms with van der Waals surface area (Å²) in [6.45, 7) is 0.322. The van der Waals surface area contributed by atoms with Gasteiger partial charge in [0, 0.05) is 10.9 Å². The standard InChI is InChI=1S/C18H16ClNO3/c1-22-15-4-2-12(3-5-15)11-23-16-6-7-17-13(9-16)8-14(10-21)18(19)20-17/h2-9,21H,10-11H2,1H3. The number of pyridine rings is 1. The van der Waals surface area contributed by atoms with Crippen LogP contribution in [0, 0.1) is 0 Å². The average Bonchev–Trinajstić information content (AvgIpc) is 2.59. The van der Waals surface area contributed by atoms with Crippen LogP contribution in [0.25, 0.3) is 10.9 Å². The summed E-state index contributed by atoms with van der Waals surface area (Å²) in [5.41, 5.74) is 2.42. The minimum Gasteiger partial charge on any atom is -0.497 e. The van der Waals surface area contributed by atoms with Crippen LogP contribution in [0.2, 0.25) is 5.15 Å². The molecule has 3 aromatic rings. The predicted octanol–water partition coefficient (Wildman–Crippen LogP) is 3.97. The lowest BCUT2D eigenvalue weighted by atomic mass is 10.1. The van der Waals surface area contributed by atoms with E-state index in [9.17, 15) is 5.11 Å². The Bertz CT molecular complexity index is 818. The Hall–Kier alpha value is -2.30. The summed E-state index contributed by atoms with van der Waals surface area (Å²) in [6, 6.07) is 15.2. The molecule has 0 unspecified atom stereocenters. The van der Waals surface area contributed by atoms with Crippen molar-refractivity contribution in [3.63, 3.8) is 0 Å². The summed E-state index contributed by atoms with van der Waals surface area (Å²) in [7, 11) is 1.64. The van der Waals surface area contributed by atoms with Crippen LogP contribution in [0.5, 0.6) is 11.5 Å². The van der Waals surface area contributed by atoms with Crippen molar-refractivity contribution in [1.82, 2.24) is 4.98 Å². The fraction of sp³-hybridized carbons (Fsp3) is 0.167. The van der Waals surface area contributed by atoms with E-state index in [1.807, 2.05) is 48.5 Å². The number of ether oxygens (including phenoxy) is 2. The molecule has 0 spiro atoms. The van der Waals surface area contributed by atoms with Crippen molar-refractivity contribution in [2.75, 3.05) is 7.11 Å². The number of aliphatic hydroxyl groups excluding tert-OH is 1. The maximum absolute atomic E-state index is 9.28. The van der Waals surface area contributed by atoms with Gasteiger partial charge in [-0.3, -0.25) is 0 Å². The van der Waals surface area contributed by atoms with E-state index >= 15 is 0 Å². The minimum atomic E-state index is -0.140. The van der Waals surface area contributed by atoms with E-state index in [0.29, 0.717) is 17.3 Å². The van der Waals surface area contributed by atoms with Crippen LogP contribution >= 0.6 is 11.6 Å². The van der Waals surface area contributed by atoms with Gasteiger partial charge in [-0.1, -0.05) is 23.7 Å². The fourth-order valence-corrected chi connectivity index (χ4v) is 2.47. The third-order valence-corrected chi connectivity index (χ3v) is 3.87. The van der Waals surface area contributed by atoms with E-state index in [0.717, 1.165) is 28.0 Å². The second kappa shape index (κ2) is 6.86. The number of benzene rings is 2. The van der Waals surface area contributed by atoms with E-state index in [2.05, 4.69) is 4.98 Å². The lowest BCUT2D eigenvalue weighted by Gasteiger charge is -2.09. The van der Waals surface area contributed by atoms with Gasteiger partial charge in [0.1, 0.15) is 23.3 Å². The van der Waals surface area contributed by atoms with Crippen LogP contribution < -0.4 is 9.47 Å². The molecule has 0 aliphatic heterocycles. The van der Waals surface area contributed by atoms with Gasteiger partial charge in [-0.2, -0.15) is 0 Å². The molecule has 0 bridgehead atoms. The predicted molar refractivity (Wildman–Crippen MR) is 90.0 cm³/mol. The molecule has 2 aromatic carbocycles. The summed E-state index contributed by atoms with van der Waals surface area (Å²) in [5.74, 6) is 1.56. The molecule has 1 heterocycles. The first-order valence-electron chi connectivity index (χ1n) is 7.15. The van der Waals surface area contributed by atoms with Crippen molar-refractivity contribution in [3.8, 4) is 11.5 Å². The number of hydrogen-bond donors (Lipinski definition) is 1. The Kier molecular flexibility index (Phi) is 4.65. The van der Waals surface area contributed by atoms with Crippen LogP contribution in [0.3, 0.4) is 0 Å². The van der Waals surface area contributed by atoms with Crippen LogP contribution in [-0.4, -0.2) is 17.2 Å². The van der Waals surface area contributed by atoms with Crippen molar-refractivity contribution in [2.24, 2.45) is 0 Å². The summed E-state index contributed by atoms with van der Waals surface area (Å²) in [5, 5.41) is 10.5. The van der Waals surface area contributed by atoms with Gasteiger partial charge < -0.3 is 14.6 Å². The number of aromatic nitrogens is 1. The first-order chi connectivity index (χ1) is 11.2. The molecule has 0 amide bonds. The zero-order valence-electron chi connectivity index (χ0n) is 12.6. The van der Waals surface area contributed by atoms with Gasteiger partial charge in [0.15, 0.2) is 0 Å². The first-order valence-corrected chi connectivity index (χ1v) is 7.53. The van der Waals surface area contributed by atoms with E-state index in [1.165, 1.54) is 0 Å². The lowest BCUT2D eigenvalue weighted by Crippen LogP contribution is -1.96. The Labute approximate surface area is 139 Å². The molecule has 1 N–H and O–H groups in total. The molecule has 4 nitrogen and oxygen atoms in total. The number of fused-ring (bicyclic) bond motifs is 1. The molecule has 0 aliphatic carbocycles. The average molecular weight is 330 g/mol. The highest BCUT2D eigenvalue weighted by Gasteiger charge is 2.05. The molecule has 0 atom stereocenters. The van der Waals surface area contributed by atoms with Gasteiger partial charge in [-0.25, -0.2) is 4.98 Å². The molecular weight excluding hydrogens is 314 g/mol. The first kappa shape index (κ1) is 15.6. The molecule has 1 aromatic heterocycles. The van der Waals surface area contributed by atoms with Gasteiger partial charge in [-0.05, 0) is 42.0 Å². The van der Waals surface area contributed by atoms with Crippen molar-refractivity contribution in [1.29, 1.82) is 0 Å². The molecule has 0 aliphatic rings. The minimum absolute atomic E-state index is 0.140. The number of aliphatic hydroxyl groups is 1. The number of halogens is 1. The molecule has 0 saturated heterocycles. The van der Waals surface area contributed by atoms with E-state index < -0.39 is 0 Å². The summed E-state index contributed by atoms with van der Waals surface area (Å²) < 4.78 is 10.9. The van der Waals surface area contributed by atoms with Crippen molar-refractivity contribution < 1.29 is 14.6 Å². The molecule has 5 heteroatoms. The Morgan fingerprint density at radius 3 is 2.48 bits per heavy atom. The number of rotatable bonds is 5. The number of hydrogen-bond acceptors (Lipinski definition) is 4. The normalized spacial score (nSPS) is 10.7. The summed E-state index contributed by atoms with van der Waals surface area (Å²) in [6.07, 6.45) is 0. The summed E-state index contributed by atoms with van der Waals surface area (Å²) >= 11 is 6.00. The maximum atomic E-state index is 9.28. The van der Waals surface area contributed by atoms with Gasteiger partial charge >= 0.3 is 0 Å². The van der Waals surface area contributed by atoms with Crippen LogP contribution in [0.1, 0.15) is 11.1 Å². The zero-order valence-corrected chi connectivity index (χ0v) is 13.4. The second-order valence-electron chi connectivity index (χ2n) is 5.09. The largest absolute Gasteiger partial charge is 0.497 e. The quantitative estimate of drug-likeness (QED) is 0.720. The van der Waals surface area contributed by atoms with Crippen LogP contribution in [-0.2, 0) is 13.2 Å². The van der Waals surface area contributed by atoms with E-state index in [1.54, 1.807) is 7.11 Å².